The molecule has 0 radical (unpaired) electrons. The number of halogens is 2. The molecule has 2 atom stereocenters. The first kappa shape index (κ1) is 33.3. The molecule has 0 saturated carbocycles. The number of carbonyl (C=O) groups is 5. The van der Waals surface area contributed by atoms with Crippen LogP contribution in [0.5, 0.6) is 0 Å². The predicted octanol–water partition coefficient (Wildman–Crippen LogP) is 4.92. The van der Waals surface area contributed by atoms with Gasteiger partial charge in [0.15, 0.2) is 11.6 Å². The molecule has 3 aromatic rings. The molecule has 2 fully saturated rings. The van der Waals surface area contributed by atoms with Gasteiger partial charge in [-0.15, -0.1) is 0 Å². The summed E-state index contributed by atoms with van der Waals surface area (Å²) in [6, 6.07) is 17.6. The van der Waals surface area contributed by atoms with Crippen molar-refractivity contribution in [2.45, 2.75) is 44.6 Å². The molecule has 6 rings (SSSR count). The Kier molecular flexibility index (Phi) is 10.2. The molecule has 250 valence electrons. The number of nitrogens with one attached hydrogen (secondary N) is 2. The number of ketones is 2. The Hall–Kier alpha value is -4.61. The second-order valence-corrected chi connectivity index (χ2v) is 12.7. The van der Waals surface area contributed by atoms with E-state index in [1.807, 2.05) is 0 Å². The number of nitrogens with zero attached hydrogens (tertiary/aromatic N) is 2. The highest BCUT2D eigenvalue weighted by Crippen LogP contribution is 2.38. The standard InChI is InChI=1S/C37H38F2N4O5/c38-25-12-8-23(9-13-25)34(24-10-14-26(39)15-11-24)43-21-19-42(20-22-43)18-3-1-2-7-30(44)40-29-6-4-5-27-32(29)36(47)33(35(27)46)28-16-17-31(45)41-37(28)48/h4-6,8-15,28,33-34H,1-3,7,16-22H2,(H,40,44)(H,41,45,48). The SMILES string of the molecule is O=C1CCC(C2C(=O)c3cccc(NC(=O)CCCCCN4CCN(C(c5ccc(F)cc5)c5ccc(F)cc5)CC4)c3C2=O)C(=O)N1. The van der Waals surface area contributed by atoms with Crippen molar-refractivity contribution in [1.82, 2.24) is 15.1 Å². The van der Waals surface area contributed by atoms with Crippen molar-refractivity contribution in [3.05, 3.63) is 101 Å². The maximum atomic E-state index is 13.6. The quantitative estimate of drug-likeness (QED) is 0.171. The maximum Gasteiger partial charge on any atom is 0.230 e. The number of Topliss-reactive ketones (excluding diaryl/α,β-unsaturated/α-hetero) is 2. The minimum atomic E-state index is -1.19. The van der Waals surface area contributed by atoms with E-state index in [4.69, 9.17) is 0 Å². The highest BCUT2D eigenvalue weighted by atomic mass is 19.1. The van der Waals surface area contributed by atoms with E-state index in [-0.39, 0.29) is 59.7 Å². The van der Waals surface area contributed by atoms with Gasteiger partial charge < -0.3 is 10.2 Å². The Morgan fingerprint density at radius 1 is 0.812 bits per heavy atom. The molecular formula is C37H38F2N4O5. The van der Waals surface area contributed by atoms with Crippen LogP contribution in [-0.2, 0) is 14.4 Å². The molecule has 2 saturated heterocycles. The van der Waals surface area contributed by atoms with Gasteiger partial charge in [-0.1, -0.05) is 42.8 Å². The number of benzene rings is 3. The molecule has 0 spiro atoms. The zero-order chi connectivity index (χ0) is 33.8. The Morgan fingerprint density at radius 2 is 1.46 bits per heavy atom. The molecular weight excluding hydrogens is 618 g/mol. The Bertz CT molecular complexity index is 1660. The highest BCUT2D eigenvalue weighted by molar-refractivity contribution is 6.30. The smallest absolute Gasteiger partial charge is 0.230 e. The second kappa shape index (κ2) is 14.7. The first-order valence-electron chi connectivity index (χ1n) is 16.5. The lowest BCUT2D eigenvalue weighted by molar-refractivity contribution is -0.137. The van der Waals surface area contributed by atoms with Crippen molar-refractivity contribution in [1.29, 1.82) is 0 Å². The normalized spacial score (nSPS) is 20.2. The molecule has 2 aliphatic heterocycles. The molecule has 3 aliphatic rings. The fourth-order valence-electron chi connectivity index (χ4n) is 7.12. The first-order valence-corrected chi connectivity index (χ1v) is 16.5. The molecule has 3 amide bonds. The molecule has 9 nitrogen and oxygen atoms in total. The number of piperidine rings is 1. The van der Waals surface area contributed by atoms with Crippen LogP contribution in [0, 0.1) is 23.5 Å². The fraction of sp³-hybridized carbons (Fsp3) is 0.378. The molecule has 2 N–H and O–H groups in total. The van der Waals surface area contributed by atoms with Crippen LogP contribution in [0.3, 0.4) is 0 Å². The number of piperazine rings is 1. The third-order valence-electron chi connectivity index (χ3n) is 9.62. The minimum Gasteiger partial charge on any atom is -0.325 e. The number of hydrogen-bond donors (Lipinski definition) is 2. The van der Waals surface area contributed by atoms with E-state index in [0.717, 1.165) is 56.7 Å². The topological polar surface area (TPSA) is 116 Å². The van der Waals surface area contributed by atoms with E-state index in [1.54, 1.807) is 36.4 Å². The second-order valence-electron chi connectivity index (χ2n) is 12.7. The van der Waals surface area contributed by atoms with Gasteiger partial charge >= 0.3 is 0 Å². The molecule has 0 bridgehead atoms. The summed E-state index contributed by atoms with van der Waals surface area (Å²) in [7, 11) is 0. The Labute approximate surface area is 277 Å². The Balaban J connectivity index is 0.960. The van der Waals surface area contributed by atoms with E-state index in [9.17, 15) is 32.8 Å². The number of unbranched alkanes of at least 4 members (excludes halogenated alkanes) is 2. The van der Waals surface area contributed by atoms with Crippen molar-refractivity contribution in [3.8, 4) is 0 Å². The van der Waals surface area contributed by atoms with Crippen molar-refractivity contribution >= 4 is 35.0 Å². The van der Waals surface area contributed by atoms with E-state index >= 15 is 0 Å². The summed E-state index contributed by atoms with van der Waals surface area (Å²) in [5.41, 5.74) is 2.50. The summed E-state index contributed by atoms with van der Waals surface area (Å²) in [4.78, 5) is 68.0. The summed E-state index contributed by atoms with van der Waals surface area (Å²) in [6.45, 7) is 4.19. The summed E-state index contributed by atoms with van der Waals surface area (Å²) in [5.74, 6) is -4.94. The minimum absolute atomic E-state index is 0.0686. The van der Waals surface area contributed by atoms with Gasteiger partial charge in [0.05, 0.1) is 29.1 Å². The van der Waals surface area contributed by atoms with Crippen molar-refractivity contribution < 1.29 is 32.8 Å². The van der Waals surface area contributed by atoms with Gasteiger partial charge in [0, 0.05) is 44.6 Å². The average Bonchev–Trinajstić information content (AvgIpc) is 3.33. The van der Waals surface area contributed by atoms with Crippen LogP contribution in [0.2, 0.25) is 0 Å². The van der Waals surface area contributed by atoms with Gasteiger partial charge in [0.1, 0.15) is 11.6 Å². The highest BCUT2D eigenvalue weighted by Gasteiger charge is 2.48. The van der Waals surface area contributed by atoms with Crippen molar-refractivity contribution in [3.63, 3.8) is 0 Å². The number of amides is 3. The van der Waals surface area contributed by atoms with E-state index < -0.39 is 35.2 Å². The van der Waals surface area contributed by atoms with Gasteiger partial charge in [0.2, 0.25) is 17.7 Å². The summed E-state index contributed by atoms with van der Waals surface area (Å²) in [6.07, 6.45) is 2.86. The third kappa shape index (κ3) is 7.27. The lowest BCUT2D eigenvalue weighted by atomic mass is 9.82. The predicted molar refractivity (Wildman–Crippen MR) is 174 cm³/mol. The fourth-order valence-corrected chi connectivity index (χ4v) is 7.12. The van der Waals surface area contributed by atoms with Gasteiger partial charge in [-0.2, -0.15) is 0 Å². The van der Waals surface area contributed by atoms with E-state index in [0.29, 0.717) is 6.42 Å². The molecule has 0 aromatic heterocycles. The van der Waals surface area contributed by atoms with Crippen LogP contribution < -0.4 is 10.6 Å². The van der Waals surface area contributed by atoms with Gasteiger partial charge in [-0.05, 0) is 67.3 Å². The monoisotopic (exact) mass is 656 g/mol. The number of hydrogen-bond acceptors (Lipinski definition) is 7. The molecule has 2 unspecified atom stereocenters. The summed E-state index contributed by atoms with van der Waals surface area (Å²) in [5, 5.41) is 5.02. The number of fused-ring (bicyclic) bond motifs is 1. The zero-order valence-electron chi connectivity index (χ0n) is 26.6. The van der Waals surface area contributed by atoms with E-state index in [1.165, 1.54) is 30.3 Å². The van der Waals surface area contributed by atoms with Gasteiger partial charge in [-0.25, -0.2) is 8.78 Å². The lowest BCUT2D eigenvalue weighted by Gasteiger charge is -2.40. The van der Waals surface area contributed by atoms with Crippen LogP contribution in [0.25, 0.3) is 0 Å². The van der Waals surface area contributed by atoms with Gasteiger partial charge in [0.25, 0.3) is 0 Å². The first-order chi connectivity index (χ1) is 23.2. The lowest BCUT2D eigenvalue weighted by Crippen LogP contribution is -2.48. The van der Waals surface area contributed by atoms with Crippen LogP contribution >= 0.6 is 0 Å². The molecule has 1 aliphatic carbocycles. The average molecular weight is 657 g/mol. The molecule has 2 heterocycles. The van der Waals surface area contributed by atoms with Crippen LogP contribution in [0.4, 0.5) is 14.5 Å². The van der Waals surface area contributed by atoms with Crippen LogP contribution in [0.15, 0.2) is 66.7 Å². The molecule has 3 aromatic carbocycles. The summed E-state index contributed by atoms with van der Waals surface area (Å²) >= 11 is 0. The zero-order valence-corrected chi connectivity index (χ0v) is 26.6. The number of rotatable bonds is 11. The van der Waals surface area contributed by atoms with Crippen LogP contribution in [-0.4, -0.2) is 71.8 Å². The van der Waals surface area contributed by atoms with Crippen molar-refractivity contribution in [2.24, 2.45) is 11.8 Å². The summed E-state index contributed by atoms with van der Waals surface area (Å²) < 4.78 is 27.3. The molecule has 48 heavy (non-hydrogen) atoms. The van der Waals surface area contributed by atoms with E-state index in [2.05, 4.69) is 20.4 Å². The van der Waals surface area contributed by atoms with Gasteiger partial charge in [-0.3, -0.25) is 34.2 Å². The maximum absolute atomic E-state index is 13.6. The number of carbonyl (C=O) groups excluding carboxylic acids is 5. The third-order valence-corrected chi connectivity index (χ3v) is 9.62. The Morgan fingerprint density at radius 3 is 2.08 bits per heavy atom. The van der Waals surface area contributed by atoms with Crippen LogP contribution in [0.1, 0.15) is 76.4 Å². The number of imide groups is 1. The van der Waals surface area contributed by atoms with Crippen molar-refractivity contribution in [2.75, 3.05) is 38.0 Å². The largest absolute Gasteiger partial charge is 0.325 e. The molecule has 11 heteroatoms. The number of anilines is 1.